The highest BCUT2D eigenvalue weighted by Gasteiger charge is 2.16. The van der Waals surface area contributed by atoms with Crippen LogP contribution in [0.1, 0.15) is 22.3 Å². The van der Waals surface area contributed by atoms with Gasteiger partial charge < -0.3 is 4.55 Å². The molecule has 0 fully saturated rings. The molecule has 0 bridgehead atoms. The average molecular weight is 619 g/mol. The minimum Gasteiger partial charge on any atom is -0.744 e. The summed E-state index contributed by atoms with van der Waals surface area (Å²) in [5.41, 5.74) is 5.59. The van der Waals surface area contributed by atoms with E-state index in [0.717, 1.165) is 26.9 Å². The molecule has 0 aromatic heterocycles. The van der Waals surface area contributed by atoms with Crippen molar-refractivity contribution in [1.29, 1.82) is 0 Å². The molecule has 5 heteroatoms. The van der Waals surface area contributed by atoms with E-state index in [1.54, 1.807) is 12.1 Å². The zero-order valence-electron chi connectivity index (χ0n) is 21.2. The van der Waals surface area contributed by atoms with Crippen LogP contribution in [0.2, 0.25) is 0 Å². The van der Waals surface area contributed by atoms with Gasteiger partial charge in [0.15, 0.2) is 7.14 Å². The number of benzene rings is 6. The van der Waals surface area contributed by atoms with Gasteiger partial charge >= 0.3 is 21.2 Å². The highest BCUT2D eigenvalue weighted by Crippen LogP contribution is 2.36. The van der Waals surface area contributed by atoms with Crippen LogP contribution in [0.3, 0.4) is 0 Å². The second-order valence-corrected chi connectivity index (χ2v) is 13.8. The van der Waals surface area contributed by atoms with Gasteiger partial charge in [0, 0.05) is 5.39 Å². The van der Waals surface area contributed by atoms with Crippen molar-refractivity contribution in [3.8, 4) is 0 Å². The lowest BCUT2D eigenvalue weighted by atomic mass is 9.94. The van der Waals surface area contributed by atoms with Gasteiger partial charge in [0.25, 0.3) is 0 Å². The van der Waals surface area contributed by atoms with E-state index in [1.165, 1.54) is 35.5 Å². The molecule has 6 aromatic carbocycles. The first-order valence-electron chi connectivity index (χ1n) is 12.0. The second-order valence-electron chi connectivity index (χ2n) is 9.43. The van der Waals surface area contributed by atoms with Gasteiger partial charge in [-0.3, -0.25) is 0 Å². The van der Waals surface area contributed by atoms with E-state index in [1.807, 2.05) is 36.4 Å². The molecule has 0 aliphatic carbocycles. The van der Waals surface area contributed by atoms with Crippen LogP contribution in [-0.4, -0.2) is 13.0 Å². The Kier molecular flexibility index (Phi) is 6.96. The Morgan fingerprint density at radius 3 is 1.57 bits per heavy atom. The Bertz CT molecular complexity index is 1810. The third kappa shape index (κ3) is 5.21. The highest BCUT2D eigenvalue weighted by atomic mass is 127. The van der Waals surface area contributed by atoms with Crippen molar-refractivity contribution in [1.82, 2.24) is 0 Å². The number of hydrogen-bond acceptors (Lipinski definition) is 3. The molecule has 0 atom stereocenters. The largest absolute Gasteiger partial charge is 0.744 e. The van der Waals surface area contributed by atoms with E-state index in [2.05, 4.69) is 64.1 Å². The van der Waals surface area contributed by atoms with Crippen molar-refractivity contribution in [3.63, 3.8) is 0 Å². The maximum Gasteiger partial charge on any atom is 0.357 e. The zero-order chi connectivity index (χ0) is 26.3. The van der Waals surface area contributed by atoms with E-state index in [0.29, 0.717) is 5.39 Å². The smallest absolute Gasteiger partial charge is 0.357 e. The lowest BCUT2D eigenvalue weighted by molar-refractivity contribution is -0.597. The van der Waals surface area contributed by atoms with E-state index in [9.17, 15) is 13.0 Å². The third-order valence-electron chi connectivity index (χ3n) is 6.91. The van der Waals surface area contributed by atoms with Crippen LogP contribution in [0.5, 0.6) is 0 Å². The summed E-state index contributed by atoms with van der Waals surface area (Å²) in [4.78, 5) is -0.150. The van der Waals surface area contributed by atoms with E-state index in [4.69, 9.17) is 0 Å². The summed E-state index contributed by atoms with van der Waals surface area (Å²) >= 11 is -0.0304. The molecule has 3 nitrogen and oxygen atoms in total. The van der Waals surface area contributed by atoms with Crippen LogP contribution >= 0.6 is 0 Å². The van der Waals surface area contributed by atoms with Crippen molar-refractivity contribution in [2.75, 3.05) is 0 Å². The summed E-state index contributed by atoms with van der Waals surface area (Å²) in [6.07, 6.45) is 0. The minimum absolute atomic E-state index is 0.0304. The Hall–Kier alpha value is -3.00. The van der Waals surface area contributed by atoms with Gasteiger partial charge in [0.2, 0.25) is 0 Å². The lowest BCUT2D eigenvalue weighted by Gasteiger charge is -2.15. The van der Waals surface area contributed by atoms with Crippen LogP contribution in [0, 0.1) is 34.8 Å². The summed E-state index contributed by atoms with van der Waals surface area (Å²) in [6, 6.07) is 30.3. The van der Waals surface area contributed by atoms with Gasteiger partial charge in [-0.25, -0.2) is 8.42 Å². The first-order chi connectivity index (χ1) is 17.6. The van der Waals surface area contributed by atoms with Crippen molar-refractivity contribution in [3.05, 3.63) is 120 Å². The van der Waals surface area contributed by atoms with Crippen LogP contribution in [0.4, 0.5) is 0 Å². The summed E-state index contributed by atoms with van der Waals surface area (Å²) in [6.45, 7) is 8.74. The molecule has 0 N–H and O–H groups in total. The van der Waals surface area contributed by atoms with Crippen LogP contribution < -0.4 is 21.2 Å². The average Bonchev–Trinajstić information content (AvgIpc) is 2.87. The number of aryl methyl sites for hydroxylation is 4. The van der Waals surface area contributed by atoms with Gasteiger partial charge in [-0.2, -0.15) is 0 Å². The molecule has 0 saturated heterocycles. The molecular weight excluding hydrogens is 591 g/mol. The second kappa shape index (κ2) is 10.0. The molecule has 37 heavy (non-hydrogen) atoms. The fourth-order valence-electron chi connectivity index (χ4n) is 4.58. The predicted octanol–water partition coefficient (Wildman–Crippen LogP) is 4.54. The van der Waals surface area contributed by atoms with Crippen molar-refractivity contribution >= 4 is 42.4 Å². The van der Waals surface area contributed by atoms with Gasteiger partial charge in [-0.15, -0.1) is 0 Å². The molecule has 0 radical (unpaired) electrons. The predicted molar refractivity (Wildman–Crippen MR) is 147 cm³/mol. The summed E-state index contributed by atoms with van der Waals surface area (Å²) in [7, 11) is -4.48. The molecule has 6 rings (SSSR count). The first kappa shape index (κ1) is 25.6. The zero-order valence-corrected chi connectivity index (χ0v) is 24.1. The molecule has 0 spiro atoms. The van der Waals surface area contributed by atoms with Crippen molar-refractivity contribution in [2.24, 2.45) is 0 Å². The Labute approximate surface area is 228 Å². The van der Waals surface area contributed by atoms with Crippen LogP contribution in [0.15, 0.2) is 95.9 Å². The minimum atomic E-state index is -4.48. The number of rotatable bonds is 3. The molecule has 0 aliphatic rings. The van der Waals surface area contributed by atoms with Crippen molar-refractivity contribution in [2.45, 2.75) is 32.6 Å². The standard InChI is InChI=1S/C16H18I.C16H10O3S/c1-11-5-7-15(9-13(11)3)17-16-8-6-12(2)14(4)10-16;17-20(18,19)14-9-7-12-5-4-10-2-1-3-11-6-8-13(14)16(12)15(10)11/h5-10H,1-4H3;1-9H,(H,17,18,19)/q+1;/p-1. The van der Waals surface area contributed by atoms with Gasteiger partial charge in [-0.1, -0.05) is 60.7 Å². The summed E-state index contributed by atoms with van der Waals surface area (Å²) in [5, 5.41) is 5.38. The van der Waals surface area contributed by atoms with Gasteiger partial charge in [-0.05, 0) is 107 Å². The topological polar surface area (TPSA) is 57.2 Å². The maximum atomic E-state index is 11.4. The molecule has 186 valence electrons. The first-order valence-corrected chi connectivity index (χ1v) is 15.6. The Morgan fingerprint density at radius 1 is 0.568 bits per heavy atom. The van der Waals surface area contributed by atoms with E-state index in [-0.39, 0.29) is 26.1 Å². The molecule has 6 aromatic rings. The molecule has 0 unspecified atom stereocenters. The van der Waals surface area contributed by atoms with Gasteiger partial charge in [0.1, 0.15) is 10.1 Å². The Balaban J connectivity index is 0.000000154. The fraction of sp³-hybridized carbons (Fsp3) is 0.125. The molecule has 0 heterocycles. The summed E-state index contributed by atoms with van der Waals surface area (Å²) < 4.78 is 37.3. The normalized spacial score (nSPS) is 11.7. The molecule has 0 amide bonds. The van der Waals surface area contributed by atoms with Gasteiger partial charge in [0.05, 0.1) is 4.90 Å². The fourth-order valence-corrected chi connectivity index (χ4v) is 7.94. The van der Waals surface area contributed by atoms with E-state index < -0.39 is 10.1 Å². The molecular formula is C32H27IO3S. The number of halogens is 1. The lowest BCUT2D eigenvalue weighted by Crippen LogP contribution is -3.61. The molecule has 0 saturated carbocycles. The maximum absolute atomic E-state index is 11.4. The van der Waals surface area contributed by atoms with Crippen molar-refractivity contribution < 1.29 is 34.2 Å². The SMILES string of the molecule is Cc1ccc([I+]c2ccc(C)c(C)c2)cc1C.O=S(=O)([O-])c1ccc2ccc3cccc4ccc1c2c34. The summed E-state index contributed by atoms with van der Waals surface area (Å²) in [5.74, 6) is 0. The Morgan fingerprint density at radius 2 is 1.05 bits per heavy atom. The highest BCUT2D eigenvalue weighted by molar-refractivity contribution is 7.86. The number of hydrogen-bond donors (Lipinski definition) is 0. The van der Waals surface area contributed by atoms with E-state index >= 15 is 0 Å². The monoisotopic (exact) mass is 618 g/mol. The van der Waals surface area contributed by atoms with Crippen LogP contribution in [0.25, 0.3) is 32.3 Å². The third-order valence-corrected chi connectivity index (χ3v) is 10.4. The van der Waals surface area contributed by atoms with Crippen LogP contribution in [-0.2, 0) is 10.1 Å². The molecule has 0 aliphatic heterocycles. The quantitative estimate of drug-likeness (QED) is 0.166.